The van der Waals surface area contributed by atoms with E-state index in [9.17, 15) is 9.59 Å². The molecule has 30 heavy (non-hydrogen) atoms. The largest absolute Gasteiger partial charge is 0.465 e. The Morgan fingerprint density at radius 3 is 2.57 bits per heavy atom. The van der Waals surface area contributed by atoms with E-state index in [1.807, 2.05) is 61.5 Å². The van der Waals surface area contributed by atoms with Crippen LogP contribution in [0, 0.1) is 5.92 Å². The summed E-state index contributed by atoms with van der Waals surface area (Å²) in [7, 11) is 0. The maximum Gasteiger partial charge on any atom is 0.315 e. The summed E-state index contributed by atoms with van der Waals surface area (Å²) in [6, 6.07) is 17.8. The van der Waals surface area contributed by atoms with Crippen LogP contribution in [0.2, 0.25) is 0 Å². The number of ketones is 1. The quantitative estimate of drug-likeness (QED) is 0.554. The van der Waals surface area contributed by atoms with E-state index in [4.69, 9.17) is 4.74 Å². The maximum absolute atomic E-state index is 13.2. The normalized spacial score (nSPS) is 21.1. The van der Waals surface area contributed by atoms with Crippen molar-refractivity contribution in [1.82, 2.24) is 0 Å². The van der Waals surface area contributed by atoms with Crippen LogP contribution in [-0.4, -0.2) is 24.1 Å². The monoisotopic (exact) mass is 465 g/mol. The average molecular weight is 466 g/mol. The zero-order valence-electron chi connectivity index (χ0n) is 16.9. The van der Waals surface area contributed by atoms with Gasteiger partial charge in [0.2, 0.25) is 0 Å². The number of carbonyl (C=O) groups excluding carboxylic acids is 2. The topological polar surface area (TPSA) is 55.7 Å². The third-order valence-electron chi connectivity index (χ3n) is 5.80. The molecule has 0 saturated carbocycles. The van der Waals surface area contributed by atoms with Crippen LogP contribution in [-0.2, 0) is 20.7 Å². The molecular formula is C25H24BrNO3. The zero-order chi connectivity index (χ0) is 21.1. The summed E-state index contributed by atoms with van der Waals surface area (Å²) in [5.41, 5.74) is 4.32. The first-order valence-electron chi connectivity index (χ1n) is 10.3. The molecular weight excluding hydrogens is 442 g/mol. The van der Waals surface area contributed by atoms with Crippen molar-refractivity contribution in [2.24, 2.45) is 10.9 Å². The van der Waals surface area contributed by atoms with Gasteiger partial charge in [0.25, 0.3) is 0 Å². The van der Waals surface area contributed by atoms with E-state index in [1.165, 1.54) is 0 Å². The lowest BCUT2D eigenvalue weighted by atomic mass is 9.72. The third kappa shape index (κ3) is 4.31. The van der Waals surface area contributed by atoms with Crippen molar-refractivity contribution in [2.45, 2.75) is 38.5 Å². The van der Waals surface area contributed by atoms with Crippen molar-refractivity contribution in [3.63, 3.8) is 0 Å². The molecule has 1 aliphatic carbocycles. The van der Waals surface area contributed by atoms with E-state index >= 15 is 0 Å². The number of Topliss-reactive ketones (excluding diaryl/α,β-unsaturated/α-hetero) is 1. The first-order chi connectivity index (χ1) is 14.5. The van der Waals surface area contributed by atoms with Gasteiger partial charge in [-0.25, -0.2) is 0 Å². The minimum atomic E-state index is -0.581. The molecule has 0 N–H and O–H groups in total. The summed E-state index contributed by atoms with van der Waals surface area (Å²) < 4.78 is 6.64. The molecule has 1 aliphatic heterocycles. The van der Waals surface area contributed by atoms with Crippen LogP contribution in [0.15, 0.2) is 75.3 Å². The number of benzene rings is 2. The van der Waals surface area contributed by atoms with Crippen LogP contribution in [0.4, 0.5) is 0 Å². The van der Waals surface area contributed by atoms with Crippen molar-refractivity contribution >= 4 is 33.4 Å². The van der Waals surface area contributed by atoms with E-state index in [0.717, 1.165) is 39.8 Å². The predicted octanol–water partition coefficient (Wildman–Crippen LogP) is 5.42. The minimum absolute atomic E-state index is 0.0995. The van der Waals surface area contributed by atoms with Crippen molar-refractivity contribution in [3.8, 4) is 0 Å². The fourth-order valence-electron chi connectivity index (χ4n) is 4.35. The number of hydrogen-bond donors (Lipinski definition) is 0. The van der Waals surface area contributed by atoms with Crippen LogP contribution in [0.5, 0.6) is 0 Å². The van der Waals surface area contributed by atoms with Gasteiger partial charge in [0.15, 0.2) is 5.78 Å². The third-order valence-corrected chi connectivity index (χ3v) is 6.32. The van der Waals surface area contributed by atoms with Gasteiger partial charge in [0.1, 0.15) is 5.92 Å². The fraction of sp³-hybridized carbons (Fsp3) is 0.320. The number of nitrogens with zero attached hydrogens (tertiary/aromatic N) is 1. The number of ether oxygens (including phenoxy) is 1. The molecule has 2 aliphatic rings. The molecule has 0 spiro atoms. The molecule has 0 saturated heterocycles. The van der Waals surface area contributed by atoms with Crippen molar-refractivity contribution in [2.75, 3.05) is 6.61 Å². The van der Waals surface area contributed by atoms with Crippen molar-refractivity contribution in [1.29, 1.82) is 0 Å². The molecule has 2 aromatic rings. The highest BCUT2D eigenvalue weighted by Gasteiger charge is 2.43. The standard InChI is InChI=1S/C25H24BrNO3/c1-16-22(25(29)30-15-14-17-6-3-2-4-7-17)23(18-10-12-19(26)13-11-18)24-20(27-16)8-5-9-21(24)28/h2-4,6-7,10-13,22-23H,5,8-9,14-15H2,1H3/t22?,23-/m0/s1. The van der Waals surface area contributed by atoms with Crippen LogP contribution in [0.3, 0.4) is 0 Å². The van der Waals surface area contributed by atoms with Gasteiger partial charge in [-0.3, -0.25) is 14.6 Å². The molecule has 0 radical (unpaired) electrons. The molecule has 2 aromatic carbocycles. The van der Waals surface area contributed by atoms with Crippen molar-refractivity contribution in [3.05, 3.63) is 81.5 Å². The van der Waals surface area contributed by atoms with E-state index < -0.39 is 5.92 Å². The zero-order valence-corrected chi connectivity index (χ0v) is 18.5. The van der Waals surface area contributed by atoms with Gasteiger partial charge in [-0.2, -0.15) is 0 Å². The van der Waals surface area contributed by atoms with E-state index in [0.29, 0.717) is 25.0 Å². The molecule has 4 rings (SSSR count). The number of carbonyl (C=O) groups is 2. The summed E-state index contributed by atoms with van der Waals surface area (Å²) in [6.07, 6.45) is 2.76. The van der Waals surface area contributed by atoms with Crippen LogP contribution in [0.25, 0.3) is 0 Å². The van der Waals surface area contributed by atoms with Crippen LogP contribution < -0.4 is 0 Å². The Balaban J connectivity index is 1.62. The number of rotatable bonds is 5. The van der Waals surface area contributed by atoms with Gasteiger partial charge in [-0.15, -0.1) is 0 Å². The Labute approximate surface area is 185 Å². The summed E-state index contributed by atoms with van der Waals surface area (Å²) >= 11 is 3.47. The lowest BCUT2D eigenvalue weighted by Crippen LogP contribution is -2.37. The number of esters is 1. The molecule has 1 heterocycles. The highest BCUT2D eigenvalue weighted by Crippen LogP contribution is 2.43. The number of aliphatic imine (C=N–C) groups is 1. The summed E-state index contributed by atoms with van der Waals surface area (Å²) in [5, 5.41) is 0. The first-order valence-corrected chi connectivity index (χ1v) is 11.1. The van der Waals surface area contributed by atoms with Gasteiger partial charge in [0.05, 0.1) is 6.61 Å². The SMILES string of the molecule is CC1=NC2=C(C(=O)CCC2)[C@@H](c2ccc(Br)cc2)C1C(=O)OCCc1ccccc1. The molecule has 0 aromatic heterocycles. The van der Waals surface area contributed by atoms with Crippen LogP contribution >= 0.6 is 15.9 Å². The summed E-state index contributed by atoms with van der Waals surface area (Å²) in [6.45, 7) is 2.18. The molecule has 0 bridgehead atoms. The number of allylic oxidation sites excluding steroid dienone is 2. The van der Waals surface area contributed by atoms with Gasteiger partial charge in [-0.05, 0) is 43.0 Å². The summed E-state index contributed by atoms with van der Waals surface area (Å²) in [5.74, 6) is -1.14. The van der Waals surface area contributed by atoms with E-state index in [1.54, 1.807) is 0 Å². The molecule has 0 amide bonds. The maximum atomic E-state index is 13.2. The van der Waals surface area contributed by atoms with Gasteiger partial charge < -0.3 is 4.74 Å². The first kappa shape index (κ1) is 20.7. The van der Waals surface area contributed by atoms with Gasteiger partial charge >= 0.3 is 5.97 Å². The van der Waals surface area contributed by atoms with Crippen molar-refractivity contribution < 1.29 is 14.3 Å². The van der Waals surface area contributed by atoms with Crippen LogP contribution in [0.1, 0.15) is 43.2 Å². The Hall–Kier alpha value is -2.53. The fourth-order valence-corrected chi connectivity index (χ4v) is 4.61. The molecule has 5 heteroatoms. The molecule has 0 fully saturated rings. The van der Waals surface area contributed by atoms with Gasteiger partial charge in [0, 0.05) is 40.2 Å². The molecule has 4 nitrogen and oxygen atoms in total. The van der Waals surface area contributed by atoms with E-state index in [-0.39, 0.29) is 17.7 Å². The lowest BCUT2D eigenvalue weighted by molar-refractivity contribution is -0.146. The minimum Gasteiger partial charge on any atom is -0.465 e. The Morgan fingerprint density at radius 1 is 1.10 bits per heavy atom. The molecule has 2 atom stereocenters. The molecule has 154 valence electrons. The number of halogens is 1. The second kappa shape index (κ2) is 9.09. The van der Waals surface area contributed by atoms with Gasteiger partial charge in [-0.1, -0.05) is 58.4 Å². The highest BCUT2D eigenvalue weighted by molar-refractivity contribution is 9.10. The predicted molar refractivity (Wildman–Crippen MR) is 120 cm³/mol. The second-order valence-corrected chi connectivity index (χ2v) is 8.72. The average Bonchev–Trinajstić information content (AvgIpc) is 2.74. The molecule has 1 unspecified atom stereocenters. The second-order valence-electron chi connectivity index (χ2n) is 7.80. The highest BCUT2D eigenvalue weighted by atomic mass is 79.9. The Kier molecular flexibility index (Phi) is 6.28. The lowest BCUT2D eigenvalue weighted by Gasteiger charge is -2.34. The van der Waals surface area contributed by atoms with E-state index in [2.05, 4.69) is 20.9 Å². The smallest absolute Gasteiger partial charge is 0.315 e. The number of hydrogen-bond acceptors (Lipinski definition) is 4. The Morgan fingerprint density at radius 2 is 1.83 bits per heavy atom. The summed E-state index contributed by atoms with van der Waals surface area (Å²) in [4.78, 5) is 30.7. The Bertz CT molecular complexity index is 1010.